The third-order valence-corrected chi connectivity index (χ3v) is 5.42. The number of hydroxylamine groups is 1. The lowest BCUT2D eigenvalue weighted by atomic mass is 10.2. The molecule has 2 rings (SSSR count). The largest absolute Gasteiger partial charge is 0.623 e. The second-order valence-corrected chi connectivity index (χ2v) is 7.30. The zero-order valence-corrected chi connectivity index (χ0v) is 14.0. The van der Waals surface area contributed by atoms with Crippen molar-refractivity contribution < 1.29 is 22.1 Å². The third-order valence-electron chi connectivity index (χ3n) is 2.87. The number of hydrogen-bond acceptors (Lipinski definition) is 4. The molecule has 24 heavy (non-hydrogen) atoms. The van der Waals surface area contributed by atoms with Crippen LogP contribution < -0.4 is 0 Å². The average molecular weight is 374 g/mol. The van der Waals surface area contributed by atoms with E-state index in [4.69, 9.17) is 0 Å². The van der Waals surface area contributed by atoms with Crippen LogP contribution in [0.2, 0.25) is 0 Å². The zero-order chi connectivity index (χ0) is 17.5. The molecule has 9 heteroatoms. The summed E-state index contributed by atoms with van der Waals surface area (Å²) in [6.07, 6.45) is -1.76. The van der Waals surface area contributed by atoms with Crippen molar-refractivity contribution in [1.82, 2.24) is 4.98 Å². The topological polar surface area (TPSA) is 56.0 Å². The second kappa shape index (κ2) is 8.74. The first-order chi connectivity index (χ1) is 11.5. The Morgan fingerprint density at radius 3 is 2.67 bits per heavy atom. The first-order valence-corrected chi connectivity index (χ1v) is 9.01. The highest BCUT2D eigenvalue weighted by atomic mass is 32.2. The van der Waals surface area contributed by atoms with Crippen molar-refractivity contribution >= 4 is 28.4 Å². The average Bonchev–Trinajstić information content (AvgIpc) is 3.01. The van der Waals surface area contributed by atoms with Crippen molar-refractivity contribution in [3.63, 3.8) is 0 Å². The molecule has 1 atom stereocenters. The van der Waals surface area contributed by atoms with E-state index in [-0.39, 0.29) is 16.6 Å². The summed E-state index contributed by atoms with van der Waals surface area (Å²) in [5, 5.41) is 13.4. The summed E-state index contributed by atoms with van der Waals surface area (Å²) in [5.41, 5.74) is 1.15. The molecule has 1 aromatic heterocycles. The maximum atomic E-state index is 12.7. The molecule has 0 aliphatic heterocycles. The molecule has 0 aliphatic rings. The predicted molar refractivity (Wildman–Crippen MR) is 87.3 cm³/mol. The molecule has 4 nitrogen and oxygen atoms in total. The van der Waals surface area contributed by atoms with Gasteiger partial charge < -0.3 is 5.21 Å². The van der Waals surface area contributed by atoms with Gasteiger partial charge in [0.05, 0.1) is 10.8 Å². The summed E-state index contributed by atoms with van der Waals surface area (Å²) >= 11 is 1.03. The highest BCUT2D eigenvalue weighted by Crippen LogP contribution is 2.18. The molecule has 0 spiro atoms. The highest BCUT2D eigenvalue weighted by Gasteiger charge is 2.13. The lowest BCUT2D eigenvalue weighted by Gasteiger charge is -2.02. The van der Waals surface area contributed by atoms with E-state index in [9.17, 15) is 22.6 Å². The highest BCUT2D eigenvalue weighted by molar-refractivity contribution is 7.87. The molecule has 0 saturated heterocycles. The second-order valence-electron chi connectivity index (χ2n) is 4.69. The Morgan fingerprint density at radius 2 is 2.00 bits per heavy atom. The molecule has 128 valence electrons. The van der Waals surface area contributed by atoms with Crippen LogP contribution in [0.15, 0.2) is 52.0 Å². The van der Waals surface area contributed by atoms with Crippen molar-refractivity contribution in [2.45, 2.75) is 17.3 Å². The number of benzene rings is 1. The van der Waals surface area contributed by atoms with E-state index >= 15 is 0 Å². The van der Waals surface area contributed by atoms with Crippen LogP contribution in [0.3, 0.4) is 0 Å². The Balaban J connectivity index is 1.98. The van der Waals surface area contributed by atoms with Gasteiger partial charge >= 0.3 is 6.08 Å². The maximum Gasteiger partial charge on any atom is 0.301 e. The van der Waals surface area contributed by atoms with E-state index in [2.05, 4.69) is 4.98 Å². The van der Waals surface area contributed by atoms with Gasteiger partial charge in [0.25, 0.3) is 0 Å². The standard InChI is InChI=1S/C15H13F3N2O2S2/c16-13(14(17)18)6-7-24(22)15-19-12(10-23-15)9-20(21)8-11-4-2-1-3-5-11/h1-5,9-10H,6-8H2/b20-9-. The fourth-order valence-corrected chi connectivity index (χ4v) is 3.82. The van der Waals surface area contributed by atoms with Gasteiger partial charge in [0.15, 0.2) is 16.7 Å². The number of rotatable bonds is 7. The van der Waals surface area contributed by atoms with E-state index in [0.717, 1.165) is 16.9 Å². The monoisotopic (exact) mass is 374 g/mol. The van der Waals surface area contributed by atoms with Gasteiger partial charge in [-0.3, -0.25) is 4.21 Å². The Kier molecular flexibility index (Phi) is 6.68. The zero-order valence-electron chi connectivity index (χ0n) is 12.3. The normalized spacial score (nSPS) is 12.9. The molecule has 0 aliphatic carbocycles. The van der Waals surface area contributed by atoms with Crippen LogP contribution in [0.5, 0.6) is 0 Å². The van der Waals surface area contributed by atoms with Gasteiger partial charge in [-0.25, -0.2) is 14.1 Å². The fraction of sp³-hybridized carbons (Fsp3) is 0.200. The molecule has 0 amide bonds. The van der Waals surface area contributed by atoms with Crippen molar-refractivity contribution in [3.05, 3.63) is 64.1 Å². The molecular weight excluding hydrogens is 361 g/mol. The lowest BCUT2D eigenvalue weighted by molar-refractivity contribution is -0.469. The predicted octanol–water partition coefficient (Wildman–Crippen LogP) is 3.85. The quantitative estimate of drug-likeness (QED) is 0.320. The van der Waals surface area contributed by atoms with Crippen molar-refractivity contribution in [1.29, 1.82) is 0 Å². The number of hydrogen-bond donors (Lipinski definition) is 0. The van der Waals surface area contributed by atoms with E-state index < -0.39 is 29.1 Å². The smallest absolute Gasteiger partial charge is 0.301 e. The van der Waals surface area contributed by atoms with Gasteiger partial charge in [0, 0.05) is 23.1 Å². The van der Waals surface area contributed by atoms with Crippen LogP contribution in [-0.2, 0) is 17.3 Å². The number of thiazole rings is 1. The van der Waals surface area contributed by atoms with Crippen LogP contribution in [0.1, 0.15) is 17.7 Å². The SMILES string of the molecule is O=S(CCC(F)=C(F)F)c1nc(/C=[N+](\[O-])Cc2ccccc2)cs1. The van der Waals surface area contributed by atoms with E-state index in [1.165, 1.54) is 11.6 Å². The Labute approximate surface area is 143 Å². The Hall–Kier alpha value is -2.00. The maximum absolute atomic E-state index is 12.7. The summed E-state index contributed by atoms with van der Waals surface area (Å²) in [6, 6.07) is 9.11. The first kappa shape index (κ1) is 18.3. The number of nitrogens with zero attached hydrogens (tertiary/aromatic N) is 2. The molecule has 0 bridgehead atoms. The van der Waals surface area contributed by atoms with E-state index in [1.807, 2.05) is 30.3 Å². The number of allylic oxidation sites excluding steroid dienone is 1. The lowest BCUT2D eigenvalue weighted by Crippen LogP contribution is -2.06. The minimum Gasteiger partial charge on any atom is -0.623 e. The van der Waals surface area contributed by atoms with Crippen LogP contribution >= 0.6 is 11.3 Å². The fourth-order valence-electron chi connectivity index (χ4n) is 1.75. The molecule has 2 aromatic rings. The van der Waals surface area contributed by atoms with E-state index in [0.29, 0.717) is 10.4 Å². The van der Waals surface area contributed by atoms with Crippen LogP contribution in [0.4, 0.5) is 13.2 Å². The van der Waals surface area contributed by atoms with Crippen LogP contribution in [0, 0.1) is 5.21 Å². The van der Waals surface area contributed by atoms with Gasteiger partial charge in [0.2, 0.25) is 6.21 Å². The van der Waals surface area contributed by atoms with Crippen molar-refractivity contribution in [3.8, 4) is 0 Å². The Morgan fingerprint density at radius 1 is 1.29 bits per heavy atom. The molecule has 0 saturated carbocycles. The third kappa shape index (κ3) is 5.57. The molecular formula is C15H13F3N2O2S2. The number of halogens is 3. The molecule has 1 unspecified atom stereocenters. The number of aromatic nitrogens is 1. The molecule has 0 radical (unpaired) electrons. The van der Waals surface area contributed by atoms with Gasteiger partial charge in [-0.2, -0.15) is 8.78 Å². The van der Waals surface area contributed by atoms with E-state index in [1.54, 1.807) is 0 Å². The minimum absolute atomic E-state index is 0.141. The van der Waals surface area contributed by atoms with Gasteiger partial charge in [-0.05, 0) is 0 Å². The Bertz CT molecular complexity index is 772. The molecule has 1 heterocycles. The van der Waals surface area contributed by atoms with Crippen LogP contribution in [-0.4, -0.2) is 25.9 Å². The summed E-state index contributed by atoms with van der Waals surface area (Å²) in [4.78, 5) is 4.01. The summed E-state index contributed by atoms with van der Waals surface area (Å²) < 4.78 is 49.4. The van der Waals surface area contributed by atoms with Crippen molar-refractivity contribution in [2.24, 2.45) is 0 Å². The summed E-state index contributed by atoms with van der Waals surface area (Å²) in [7, 11) is -1.69. The van der Waals surface area contributed by atoms with Gasteiger partial charge in [0.1, 0.15) is 5.69 Å². The van der Waals surface area contributed by atoms with Gasteiger partial charge in [-0.1, -0.05) is 30.3 Å². The van der Waals surface area contributed by atoms with Gasteiger partial charge in [-0.15, -0.1) is 11.3 Å². The summed E-state index contributed by atoms with van der Waals surface area (Å²) in [6.45, 7) is 0.141. The van der Waals surface area contributed by atoms with Crippen LogP contribution in [0.25, 0.3) is 0 Å². The molecule has 0 N–H and O–H groups in total. The van der Waals surface area contributed by atoms with Crippen molar-refractivity contribution in [2.75, 3.05) is 5.75 Å². The minimum atomic E-state index is -2.40. The molecule has 0 fully saturated rings. The first-order valence-electron chi connectivity index (χ1n) is 6.82. The summed E-state index contributed by atoms with van der Waals surface area (Å²) in [5.74, 6) is -1.86. The molecule has 1 aromatic carbocycles.